The number of ether oxygens (including phenoxy) is 1. The maximum atomic E-state index is 12.2. The molecule has 116 valence electrons. The zero-order chi connectivity index (χ0) is 16.3. The van der Waals surface area contributed by atoms with Crippen LogP contribution in [0.5, 0.6) is 0 Å². The van der Waals surface area contributed by atoms with Gasteiger partial charge in [0.25, 0.3) is 5.91 Å². The molecule has 1 aromatic heterocycles. The minimum Gasteiger partial charge on any atom is -0.449 e. The average Bonchev–Trinajstić information content (AvgIpc) is 2.81. The number of benzene rings is 1. The maximum absolute atomic E-state index is 12.2. The van der Waals surface area contributed by atoms with Gasteiger partial charge in [-0.2, -0.15) is 0 Å². The first kappa shape index (κ1) is 16.1. The van der Waals surface area contributed by atoms with E-state index in [-0.39, 0.29) is 5.76 Å². The van der Waals surface area contributed by atoms with Crippen LogP contribution in [-0.2, 0) is 9.53 Å². The monoisotopic (exact) mass is 321 g/mol. The van der Waals surface area contributed by atoms with Gasteiger partial charge in [0.1, 0.15) is 5.58 Å². The molecule has 0 saturated heterocycles. The molecule has 0 aliphatic rings. The molecule has 0 bridgehead atoms. The van der Waals surface area contributed by atoms with Crippen molar-refractivity contribution < 1.29 is 18.7 Å². The van der Waals surface area contributed by atoms with Gasteiger partial charge in [-0.25, -0.2) is 4.79 Å². The van der Waals surface area contributed by atoms with Crippen molar-refractivity contribution in [2.24, 2.45) is 0 Å². The van der Waals surface area contributed by atoms with E-state index < -0.39 is 18.0 Å². The number of hydrogen-bond donors (Lipinski definition) is 1. The van der Waals surface area contributed by atoms with E-state index in [1.54, 1.807) is 31.2 Å². The highest BCUT2D eigenvalue weighted by atomic mass is 35.5. The van der Waals surface area contributed by atoms with Crippen molar-refractivity contribution in [3.8, 4) is 0 Å². The van der Waals surface area contributed by atoms with Crippen molar-refractivity contribution in [3.05, 3.63) is 47.2 Å². The summed E-state index contributed by atoms with van der Waals surface area (Å²) in [6, 6.07) is 5.07. The Balaban J connectivity index is 2.17. The predicted octanol–water partition coefficient (Wildman–Crippen LogP) is 3.24. The Morgan fingerprint density at radius 3 is 2.91 bits per heavy atom. The zero-order valence-electron chi connectivity index (χ0n) is 12.3. The van der Waals surface area contributed by atoms with Gasteiger partial charge < -0.3 is 14.5 Å². The Hall–Kier alpha value is -2.27. The lowest BCUT2D eigenvalue weighted by atomic mass is 10.1. The first-order valence-corrected chi connectivity index (χ1v) is 7.10. The highest BCUT2D eigenvalue weighted by Gasteiger charge is 2.23. The van der Waals surface area contributed by atoms with Crippen LogP contribution in [0.4, 0.5) is 0 Å². The Morgan fingerprint density at radius 2 is 2.23 bits per heavy atom. The van der Waals surface area contributed by atoms with E-state index in [1.165, 1.54) is 6.92 Å². The van der Waals surface area contributed by atoms with Crippen LogP contribution in [0, 0.1) is 6.92 Å². The summed E-state index contributed by atoms with van der Waals surface area (Å²) in [5, 5.41) is 3.84. The fourth-order valence-electron chi connectivity index (χ4n) is 1.97. The number of esters is 1. The third kappa shape index (κ3) is 3.31. The fourth-order valence-corrected chi connectivity index (χ4v) is 2.14. The second-order valence-electron chi connectivity index (χ2n) is 4.78. The number of carbonyl (C=O) groups excluding carboxylic acids is 2. The number of aryl methyl sites for hydroxylation is 1. The Labute approximate surface area is 132 Å². The molecule has 0 unspecified atom stereocenters. The molecule has 1 aromatic carbocycles. The van der Waals surface area contributed by atoms with Crippen LogP contribution >= 0.6 is 11.6 Å². The van der Waals surface area contributed by atoms with Crippen LogP contribution in [0.2, 0.25) is 5.02 Å². The van der Waals surface area contributed by atoms with Gasteiger partial charge in [0, 0.05) is 22.5 Å². The summed E-state index contributed by atoms with van der Waals surface area (Å²) in [4.78, 5) is 23.8. The molecular formula is C16H16ClNO4. The van der Waals surface area contributed by atoms with E-state index in [0.29, 0.717) is 22.7 Å². The average molecular weight is 322 g/mol. The van der Waals surface area contributed by atoms with Crippen molar-refractivity contribution in [1.29, 1.82) is 0 Å². The summed E-state index contributed by atoms with van der Waals surface area (Å²) < 4.78 is 10.6. The molecule has 1 heterocycles. The molecule has 22 heavy (non-hydrogen) atoms. The molecule has 0 spiro atoms. The van der Waals surface area contributed by atoms with E-state index in [9.17, 15) is 9.59 Å². The molecule has 2 aromatic rings. The van der Waals surface area contributed by atoms with Gasteiger partial charge in [-0.05, 0) is 32.0 Å². The molecule has 0 radical (unpaired) electrons. The molecule has 1 N–H and O–H groups in total. The summed E-state index contributed by atoms with van der Waals surface area (Å²) in [5.74, 6) is -1.02. The maximum Gasteiger partial charge on any atom is 0.375 e. The van der Waals surface area contributed by atoms with Crippen LogP contribution in [0.25, 0.3) is 11.0 Å². The number of hydrogen-bond acceptors (Lipinski definition) is 4. The lowest BCUT2D eigenvalue weighted by Gasteiger charge is -2.11. The lowest BCUT2D eigenvalue weighted by Crippen LogP contribution is -2.35. The van der Waals surface area contributed by atoms with Gasteiger partial charge in [0.05, 0.1) is 0 Å². The normalized spacial score (nSPS) is 12.0. The van der Waals surface area contributed by atoms with Crippen molar-refractivity contribution in [2.45, 2.75) is 20.0 Å². The van der Waals surface area contributed by atoms with Gasteiger partial charge >= 0.3 is 5.97 Å². The molecule has 1 amide bonds. The third-order valence-corrected chi connectivity index (χ3v) is 3.39. The quantitative estimate of drug-likeness (QED) is 0.678. The van der Waals surface area contributed by atoms with Crippen LogP contribution < -0.4 is 5.32 Å². The number of fused-ring (bicyclic) bond motifs is 1. The highest BCUT2D eigenvalue weighted by Crippen LogP contribution is 2.28. The van der Waals surface area contributed by atoms with Crippen LogP contribution in [0.15, 0.2) is 35.3 Å². The highest BCUT2D eigenvalue weighted by molar-refractivity contribution is 6.31. The van der Waals surface area contributed by atoms with Gasteiger partial charge in [0.2, 0.25) is 5.76 Å². The first-order valence-electron chi connectivity index (χ1n) is 6.72. The van der Waals surface area contributed by atoms with Crippen LogP contribution in [0.1, 0.15) is 23.0 Å². The van der Waals surface area contributed by atoms with Gasteiger partial charge in [-0.3, -0.25) is 4.79 Å². The molecule has 6 heteroatoms. The second-order valence-corrected chi connectivity index (χ2v) is 5.21. The molecule has 0 fully saturated rings. The number of nitrogens with one attached hydrogen (secondary N) is 1. The Bertz CT molecular complexity index is 735. The van der Waals surface area contributed by atoms with Gasteiger partial charge in [-0.15, -0.1) is 6.58 Å². The van der Waals surface area contributed by atoms with Gasteiger partial charge in [-0.1, -0.05) is 17.7 Å². The van der Waals surface area contributed by atoms with E-state index in [1.807, 2.05) is 0 Å². The number of halogens is 1. The minimum absolute atomic E-state index is 0.0700. The first-order chi connectivity index (χ1) is 10.4. The summed E-state index contributed by atoms with van der Waals surface area (Å²) >= 11 is 5.94. The SMILES string of the molecule is C=CCNC(=O)[C@@H](C)OC(=O)c1oc2ccc(Cl)cc2c1C. The third-order valence-electron chi connectivity index (χ3n) is 3.16. The summed E-state index contributed by atoms with van der Waals surface area (Å²) in [7, 11) is 0. The standard InChI is InChI=1S/C16H16ClNO4/c1-4-7-18-15(19)10(3)21-16(20)14-9(2)12-8-11(17)5-6-13(12)22-14/h4-6,8,10H,1,7H2,2-3H3,(H,18,19)/t10-/m1/s1. The Kier molecular flexibility index (Phi) is 4.88. The zero-order valence-corrected chi connectivity index (χ0v) is 13.1. The molecule has 2 rings (SSSR count). The topological polar surface area (TPSA) is 68.5 Å². The number of furan rings is 1. The number of rotatable bonds is 5. The minimum atomic E-state index is -0.927. The van der Waals surface area contributed by atoms with Crippen LogP contribution in [0.3, 0.4) is 0 Å². The number of carbonyl (C=O) groups is 2. The van der Waals surface area contributed by atoms with Gasteiger partial charge in [0.15, 0.2) is 6.10 Å². The molecular weight excluding hydrogens is 306 g/mol. The Morgan fingerprint density at radius 1 is 1.50 bits per heavy atom. The van der Waals surface area contributed by atoms with E-state index in [0.717, 1.165) is 5.39 Å². The van der Waals surface area contributed by atoms with Crippen molar-refractivity contribution in [3.63, 3.8) is 0 Å². The molecule has 1 atom stereocenters. The lowest BCUT2D eigenvalue weighted by molar-refractivity contribution is -0.128. The van der Waals surface area contributed by atoms with E-state index in [4.69, 9.17) is 20.8 Å². The molecule has 5 nitrogen and oxygen atoms in total. The summed E-state index contributed by atoms with van der Waals surface area (Å²) in [5.41, 5.74) is 1.17. The molecule has 0 saturated carbocycles. The summed E-state index contributed by atoms with van der Waals surface area (Å²) in [6.45, 7) is 7.03. The van der Waals surface area contributed by atoms with E-state index in [2.05, 4.69) is 11.9 Å². The smallest absolute Gasteiger partial charge is 0.375 e. The predicted molar refractivity (Wildman–Crippen MR) is 84.0 cm³/mol. The van der Waals surface area contributed by atoms with Crippen molar-refractivity contribution in [1.82, 2.24) is 5.32 Å². The van der Waals surface area contributed by atoms with E-state index >= 15 is 0 Å². The summed E-state index contributed by atoms with van der Waals surface area (Å²) in [6.07, 6.45) is 0.614. The molecule has 0 aliphatic carbocycles. The van der Waals surface area contributed by atoms with Crippen molar-refractivity contribution in [2.75, 3.05) is 6.54 Å². The van der Waals surface area contributed by atoms with Crippen LogP contribution in [-0.4, -0.2) is 24.5 Å². The van der Waals surface area contributed by atoms with Crippen molar-refractivity contribution >= 4 is 34.4 Å². The largest absolute Gasteiger partial charge is 0.449 e. The second kappa shape index (κ2) is 6.66. The number of amides is 1. The fraction of sp³-hybridized carbons (Fsp3) is 0.250. The molecule has 0 aliphatic heterocycles.